The topological polar surface area (TPSA) is 95.1 Å². The number of primary amides is 1. The molecule has 0 radical (unpaired) electrons. The normalized spacial score (nSPS) is 11.7. The number of hydrogen-bond donors (Lipinski definition) is 1. The molecular weight excluding hydrogens is 326 g/mol. The zero-order chi connectivity index (χ0) is 15.9. The summed E-state index contributed by atoms with van der Waals surface area (Å²) >= 11 is 5.77. The second kappa shape index (κ2) is 5.11. The number of benzene rings is 2. The molecule has 112 valence electrons. The number of carbonyl (C=O) groups excluding carboxylic acids is 1. The molecule has 0 spiro atoms. The highest BCUT2D eigenvalue weighted by Crippen LogP contribution is 2.24. The first kappa shape index (κ1) is 14.6. The molecule has 0 saturated carbocycles. The minimum atomic E-state index is -3.96. The average Bonchev–Trinajstić information content (AvgIpc) is 2.88. The third kappa shape index (κ3) is 2.24. The average molecular weight is 336 g/mol. The van der Waals surface area contributed by atoms with Crippen molar-refractivity contribution in [1.82, 2.24) is 9.19 Å². The van der Waals surface area contributed by atoms with Crippen LogP contribution in [0.3, 0.4) is 0 Å². The quantitative estimate of drug-likeness (QED) is 0.792. The van der Waals surface area contributed by atoms with Gasteiger partial charge in [-0.25, -0.2) is 0 Å². The summed E-state index contributed by atoms with van der Waals surface area (Å²) in [5.41, 5.74) is 5.46. The van der Waals surface area contributed by atoms with Crippen LogP contribution in [0, 0.1) is 0 Å². The van der Waals surface area contributed by atoms with E-state index in [1.54, 1.807) is 24.3 Å². The minimum absolute atomic E-state index is 0.0150. The van der Waals surface area contributed by atoms with Gasteiger partial charge in [-0.2, -0.15) is 17.6 Å². The number of aromatic nitrogens is 2. The zero-order valence-electron chi connectivity index (χ0n) is 11.1. The van der Waals surface area contributed by atoms with Crippen LogP contribution in [-0.2, 0) is 10.0 Å². The molecule has 0 unspecified atom stereocenters. The van der Waals surface area contributed by atoms with E-state index in [0.29, 0.717) is 10.4 Å². The Kier molecular flexibility index (Phi) is 3.38. The SMILES string of the molecule is NC(=O)c1nn(S(=O)(=O)c2ccc(Cl)cc2)c2ccccc12. The highest BCUT2D eigenvalue weighted by atomic mass is 35.5. The van der Waals surface area contributed by atoms with Gasteiger partial charge in [-0.1, -0.05) is 29.8 Å². The Morgan fingerprint density at radius 1 is 1.09 bits per heavy atom. The zero-order valence-corrected chi connectivity index (χ0v) is 12.7. The summed E-state index contributed by atoms with van der Waals surface area (Å²) in [6.07, 6.45) is 0. The molecule has 2 aromatic carbocycles. The molecule has 0 atom stereocenters. The van der Waals surface area contributed by atoms with E-state index >= 15 is 0 Å². The molecule has 2 N–H and O–H groups in total. The van der Waals surface area contributed by atoms with Crippen molar-refractivity contribution >= 4 is 38.4 Å². The van der Waals surface area contributed by atoms with Crippen LogP contribution in [0.2, 0.25) is 5.02 Å². The van der Waals surface area contributed by atoms with Gasteiger partial charge in [-0.05, 0) is 30.3 Å². The van der Waals surface area contributed by atoms with E-state index in [0.717, 1.165) is 4.09 Å². The molecule has 3 aromatic rings. The summed E-state index contributed by atoms with van der Waals surface area (Å²) in [7, 11) is -3.96. The minimum Gasteiger partial charge on any atom is -0.364 e. The first-order valence-electron chi connectivity index (χ1n) is 6.20. The van der Waals surface area contributed by atoms with E-state index in [4.69, 9.17) is 17.3 Å². The lowest BCUT2D eigenvalue weighted by atomic mass is 10.2. The van der Waals surface area contributed by atoms with E-state index in [-0.39, 0.29) is 16.1 Å². The summed E-state index contributed by atoms with van der Waals surface area (Å²) in [6.45, 7) is 0. The van der Waals surface area contributed by atoms with Crippen molar-refractivity contribution in [2.45, 2.75) is 4.90 Å². The Balaban J connectivity index is 2.30. The van der Waals surface area contributed by atoms with Gasteiger partial charge in [0, 0.05) is 10.4 Å². The predicted molar refractivity (Wildman–Crippen MR) is 82.3 cm³/mol. The highest BCUT2D eigenvalue weighted by molar-refractivity contribution is 7.90. The monoisotopic (exact) mass is 335 g/mol. The van der Waals surface area contributed by atoms with Crippen molar-refractivity contribution in [3.8, 4) is 0 Å². The number of amides is 1. The van der Waals surface area contributed by atoms with Gasteiger partial charge in [0.2, 0.25) is 0 Å². The molecule has 6 nitrogen and oxygen atoms in total. The third-order valence-electron chi connectivity index (χ3n) is 3.13. The third-order valence-corrected chi connectivity index (χ3v) is 4.98. The molecule has 1 heterocycles. The molecule has 0 fully saturated rings. The second-order valence-corrected chi connectivity index (χ2v) is 6.74. The fourth-order valence-electron chi connectivity index (χ4n) is 2.11. The molecular formula is C14H10ClN3O3S. The molecule has 1 aromatic heterocycles. The molecule has 0 bridgehead atoms. The Hall–Kier alpha value is -2.38. The van der Waals surface area contributed by atoms with Gasteiger partial charge in [-0.15, -0.1) is 0 Å². The van der Waals surface area contributed by atoms with Gasteiger partial charge >= 0.3 is 0 Å². The van der Waals surface area contributed by atoms with E-state index in [1.165, 1.54) is 24.3 Å². The van der Waals surface area contributed by atoms with Crippen LogP contribution in [0.1, 0.15) is 10.5 Å². The van der Waals surface area contributed by atoms with Gasteiger partial charge in [0.05, 0.1) is 10.4 Å². The van der Waals surface area contributed by atoms with Crippen LogP contribution in [0.4, 0.5) is 0 Å². The predicted octanol–water partition coefficient (Wildman–Crippen LogP) is 2.03. The molecule has 22 heavy (non-hydrogen) atoms. The van der Waals surface area contributed by atoms with Crippen LogP contribution < -0.4 is 5.73 Å². The van der Waals surface area contributed by atoms with Crippen LogP contribution >= 0.6 is 11.6 Å². The van der Waals surface area contributed by atoms with Crippen LogP contribution in [0.25, 0.3) is 10.9 Å². The lowest BCUT2D eigenvalue weighted by molar-refractivity contribution is 0.0997. The van der Waals surface area contributed by atoms with Crippen molar-refractivity contribution in [1.29, 1.82) is 0 Å². The summed E-state index contributed by atoms with van der Waals surface area (Å²) in [5, 5.41) is 4.68. The lowest BCUT2D eigenvalue weighted by Crippen LogP contribution is -2.17. The smallest absolute Gasteiger partial charge is 0.283 e. The number of nitrogens with two attached hydrogens (primary N) is 1. The maximum atomic E-state index is 12.7. The molecule has 0 aliphatic heterocycles. The summed E-state index contributed by atoms with van der Waals surface area (Å²) in [6, 6.07) is 12.2. The number of hydrogen-bond acceptors (Lipinski definition) is 4. The summed E-state index contributed by atoms with van der Waals surface area (Å²) in [5.74, 6) is -0.791. The Morgan fingerprint density at radius 3 is 2.36 bits per heavy atom. The summed E-state index contributed by atoms with van der Waals surface area (Å²) < 4.78 is 26.2. The Bertz CT molecular complexity index is 978. The fourth-order valence-corrected chi connectivity index (χ4v) is 3.52. The van der Waals surface area contributed by atoms with Crippen LogP contribution in [-0.4, -0.2) is 23.5 Å². The number of halogens is 1. The highest BCUT2D eigenvalue weighted by Gasteiger charge is 2.24. The first-order valence-corrected chi connectivity index (χ1v) is 8.02. The number of rotatable bonds is 3. The molecule has 8 heteroatoms. The maximum absolute atomic E-state index is 12.7. The van der Waals surface area contributed by atoms with Crippen molar-refractivity contribution in [3.05, 3.63) is 59.2 Å². The van der Waals surface area contributed by atoms with Crippen LogP contribution in [0.15, 0.2) is 53.4 Å². The van der Waals surface area contributed by atoms with Crippen molar-refractivity contribution in [2.75, 3.05) is 0 Å². The molecule has 0 saturated heterocycles. The van der Waals surface area contributed by atoms with Gasteiger partial charge in [0.15, 0.2) is 5.69 Å². The number of nitrogens with zero attached hydrogens (tertiary/aromatic N) is 2. The standard InChI is InChI=1S/C14H10ClN3O3S/c15-9-5-7-10(8-6-9)22(20,21)18-12-4-2-1-3-11(12)13(17-18)14(16)19/h1-8H,(H2,16,19). The van der Waals surface area contributed by atoms with E-state index in [2.05, 4.69) is 5.10 Å². The number of para-hydroxylation sites is 1. The lowest BCUT2D eigenvalue weighted by Gasteiger charge is -2.05. The van der Waals surface area contributed by atoms with Crippen molar-refractivity contribution in [3.63, 3.8) is 0 Å². The fraction of sp³-hybridized carbons (Fsp3) is 0. The van der Waals surface area contributed by atoms with Crippen molar-refractivity contribution < 1.29 is 13.2 Å². The molecule has 1 amide bonds. The largest absolute Gasteiger partial charge is 0.364 e. The molecule has 3 rings (SSSR count). The molecule has 0 aliphatic carbocycles. The van der Waals surface area contributed by atoms with Gasteiger partial charge in [0.25, 0.3) is 15.9 Å². The van der Waals surface area contributed by atoms with Crippen LogP contribution in [0.5, 0.6) is 0 Å². The number of carbonyl (C=O) groups is 1. The Morgan fingerprint density at radius 2 is 1.73 bits per heavy atom. The maximum Gasteiger partial charge on any atom is 0.283 e. The van der Waals surface area contributed by atoms with E-state index < -0.39 is 15.9 Å². The van der Waals surface area contributed by atoms with E-state index in [9.17, 15) is 13.2 Å². The second-order valence-electron chi connectivity index (χ2n) is 4.53. The van der Waals surface area contributed by atoms with E-state index in [1.807, 2.05) is 0 Å². The van der Waals surface area contributed by atoms with Gasteiger partial charge in [-0.3, -0.25) is 4.79 Å². The Labute approximate surface area is 131 Å². The molecule has 0 aliphatic rings. The first-order chi connectivity index (χ1) is 10.4. The van der Waals surface area contributed by atoms with Gasteiger partial charge < -0.3 is 5.73 Å². The van der Waals surface area contributed by atoms with Crippen molar-refractivity contribution in [2.24, 2.45) is 5.73 Å². The van der Waals surface area contributed by atoms with Gasteiger partial charge in [0.1, 0.15) is 0 Å². The summed E-state index contributed by atoms with van der Waals surface area (Å²) in [4.78, 5) is 11.5. The number of fused-ring (bicyclic) bond motifs is 1.